The van der Waals surface area contributed by atoms with Crippen LogP contribution >= 0.6 is 0 Å². The van der Waals surface area contributed by atoms with E-state index in [1.54, 1.807) is 0 Å². The molecule has 1 aromatic carbocycles. The molecule has 0 saturated carbocycles. The van der Waals surface area contributed by atoms with Crippen LogP contribution in [-0.2, 0) is 16.3 Å². The van der Waals surface area contributed by atoms with Gasteiger partial charge in [-0.1, -0.05) is 49.8 Å². The van der Waals surface area contributed by atoms with Crippen LogP contribution < -0.4 is 0 Å². The number of H-pyrrole nitrogens is 1. The highest BCUT2D eigenvalue weighted by Crippen LogP contribution is 2.21. The summed E-state index contributed by atoms with van der Waals surface area (Å²) in [5, 5.41) is 14.6. The maximum atomic E-state index is 12.5. The number of carboxylic acids is 1. The molecule has 128 valence electrons. The minimum Gasteiger partial charge on any atom is -0.478 e. The lowest BCUT2D eigenvalue weighted by molar-refractivity contribution is 0.0692. The fourth-order valence-corrected chi connectivity index (χ4v) is 4.03. The number of nitrogens with one attached hydrogen (secondary N) is 1. The molecule has 2 N–H and O–H groups in total. The van der Waals surface area contributed by atoms with Gasteiger partial charge in [-0.25, -0.2) is 13.2 Å². The van der Waals surface area contributed by atoms with Crippen molar-refractivity contribution in [1.29, 1.82) is 0 Å². The van der Waals surface area contributed by atoms with Gasteiger partial charge in [0.1, 0.15) is 5.56 Å². The fourth-order valence-electron chi connectivity index (χ4n) is 2.44. The molecule has 0 amide bonds. The summed E-state index contributed by atoms with van der Waals surface area (Å²) in [7, 11) is -3.84. The first kappa shape index (κ1) is 17.9. The van der Waals surface area contributed by atoms with Gasteiger partial charge in [-0.15, -0.1) is 0 Å². The molecule has 0 atom stereocenters. The first-order valence-corrected chi connectivity index (χ1v) is 9.31. The number of benzene rings is 1. The van der Waals surface area contributed by atoms with E-state index in [1.165, 1.54) is 0 Å². The monoisotopic (exact) mass is 348 g/mol. The zero-order valence-electron chi connectivity index (χ0n) is 13.6. The third-order valence-corrected chi connectivity index (χ3v) is 5.41. The summed E-state index contributed by atoms with van der Waals surface area (Å²) in [4.78, 5) is 11.1. The van der Waals surface area contributed by atoms with Gasteiger partial charge in [0.2, 0.25) is 9.84 Å². The van der Waals surface area contributed by atoms with E-state index >= 15 is 0 Å². The predicted octanol–water partition coefficient (Wildman–Crippen LogP) is 2.94. The number of hydrogen-bond donors (Lipinski definition) is 2. The Morgan fingerprint density at radius 2 is 2.00 bits per heavy atom. The fraction of sp³-hybridized carbons (Fsp3) is 0.294. The van der Waals surface area contributed by atoms with Gasteiger partial charge in [0.25, 0.3) is 0 Å². The SMILES string of the molecule is CCC(=Cc1ccccc1CC)CS(=O)(=O)c1n[nH]cc1C(=O)O. The van der Waals surface area contributed by atoms with Crippen molar-refractivity contribution in [3.05, 3.63) is 52.7 Å². The number of aryl methyl sites for hydroxylation is 1. The van der Waals surface area contributed by atoms with E-state index in [2.05, 4.69) is 10.2 Å². The average Bonchev–Trinajstić information content (AvgIpc) is 3.05. The van der Waals surface area contributed by atoms with Gasteiger partial charge in [-0.2, -0.15) is 5.10 Å². The van der Waals surface area contributed by atoms with Crippen molar-refractivity contribution < 1.29 is 18.3 Å². The van der Waals surface area contributed by atoms with E-state index in [-0.39, 0.29) is 11.3 Å². The second-order valence-corrected chi connectivity index (χ2v) is 7.28. The summed E-state index contributed by atoms with van der Waals surface area (Å²) < 4.78 is 25.1. The molecule has 0 unspecified atom stereocenters. The Bertz CT molecular complexity index is 866. The van der Waals surface area contributed by atoms with Crippen molar-refractivity contribution in [2.45, 2.75) is 31.7 Å². The second-order valence-electron chi connectivity index (χ2n) is 5.38. The molecule has 0 saturated heterocycles. The van der Waals surface area contributed by atoms with Crippen LogP contribution in [-0.4, -0.2) is 35.4 Å². The minimum atomic E-state index is -3.84. The predicted molar refractivity (Wildman–Crippen MR) is 91.7 cm³/mol. The number of carboxylic acid groups (broad SMARTS) is 1. The zero-order valence-corrected chi connectivity index (χ0v) is 14.4. The van der Waals surface area contributed by atoms with Crippen molar-refractivity contribution in [3.63, 3.8) is 0 Å². The Morgan fingerprint density at radius 3 is 2.62 bits per heavy atom. The molecule has 0 aliphatic rings. The molecule has 6 nitrogen and oxygen atoms in total. The van der Waals surface area contributed by atoms with Crippen LogP contribution in [0.25, 0.3) is 6.08 Å². The first-order valence-electron chi connectivity index (χ1n) is 7.66. The molecule has 24 heavy (non-hydrogen) atoms. The molecule has 0 fully saturated rings. The lowest BCUT2D eigenvalue weighted by atomic mass is 10.0. The summed E-state index contributed by atoms with van der Waals surface area (Å²) in [5.74, 6) is -1.58. The molecule has 0 spiro atoms. The van der Waals surface area contributed by atoms with Crippen LogP contribution in [0.5, 0.6) is 0 Å². The number of carbonyl (C=O) groups is 1. The molecule has 7 heteroatoms. The first-order chi connectivity index (χ1) is 11.4. The Hall–Kier alpha value is -2.41. The van der Waals surface area contributed by atoms with E-state index < -0.39 is 20.8 Å². The topological polar surface area (TPSA) is 100 Å². The maximum Gasteiger partial charge on any atom is 0.340 e. The van der Waals surface area contributed by atoms with E-state index in [0.29, 0.717) is 12.0 Å². The van der Waals surface area contributed by atoms with Crippen LogP contribution in [0.3, 0.4) is 0 Å². The number of aromatic amines is 1. The van der Waals surface area contributed by atoms with Crippen LogP contribution in [0, 0.1) is 0 Å². The van der Waals surface area contributed by atoms with Crippen molar-refractivity contribution >= 4 is 21.9 Å². The number of aromatic carboxylic acids is 1. The van der Waals surface area contributed by atoms with Gasteiger partial charge in [-0.05, 0) is 24.0 Å². The van der Waals surface area contributed by atoms with Gasteiger partial charge >= 0.3 is 5.97 Å². The molecule has 2 rings (SSSR count). The van der Waals surface area contributed by atoms with Crippen LogP contribution in [0.4, 0.5) is 0 Å². The zero-order chi connectivity index (χ0) is 17.7. The lowest BCUT2D eigenvalue weighted by Crippen LogP contribution is -2.13. The summed E-state index contributed by atoms with van der Waals surface area (Å²) in [5.41, 5.74) is 2.48. The molecule has 1 heterocycles. The Balaban J connectivity index is 2.37. The standard InChI is InChI=1S/C17H20N2O4S/c1-3-12(9-14-8-6-5-7-13(14)4-2)11-24(22,23)16-15(17(20)21)10-18-19-16/h5-10H,3-4,11H2,1-2H3,(H,18,19)(H,20,21). The number of aromatic nitrogens is 2. The summed E-state index contributed by atoms with van der Waals surface area (Å²) in [6.45, 7) is 3.91. The summed E-state index contributed by atoms with van der Waals surface area (Å²) in [6.07, 6.45) is 4.34. The third kappa shape index (κ3) is 3.91. The normalized spacial score (nSPS) is 12.3. The Labute approximate surface area is 141 Å². The smallest absolute Gasteiger partial charge is 0.340 e. The van der Waals surface area contributed by atoms with Crippen molar-refractivity contribution in [3.8, 4) is 0 Å². The van der Waals surface area contributed by atoms with Gasteiger partial charge in [-0.3, -0.25) is 5.10 Å². The second kappa shape index (κ2) is 7.44. The highest BCUT2D eigenvalue weighted by molar-refractivity contribution is 7.91. The highest BCUT2D eigenvalue weighted by atomic mass is 32.2. The Morgan fingerprint density at radius 1 is 1.29 bits per heavy atom. The number of hydrogen-bond acceptors (Lipinski definition) is 4. The quantitative estimate of drug-likeness (QED) is 0.801. The van der Waals surface area contributed by atoms with Gasteiger partial charge < -0.3 is 5.11 Å². The van der Waals surface area contributed by atoms with Crippen LogP contribution in [0.2, 0.25) is 0 Å². The molecule has 2 aromatic rings. The highest BCUT2D eigenvalue weighted by Gasteiger charge is 2.26. The van der Waals surface area contributed by atoms with Gasteiger partial charge in [0.05, 0.1) is 5.75 Å². The largest absolute Gasteiger partial charge is 0.478 e. The van der Waals surface area contributed by atoms with Gasteiger partial charge in [0, 0.05) is 6.20 Å². The lowest BCUT2D eigenvalue weighted by Gasteiger charge is -2.08. The van der Waals surface area contributed by atoms with E-state index in [4.69, 9.17) is 5.11 Å². The number of rotatable bonds is 7. The van der Waals surface area contributed by atoms with E-state index in [0.717, 1.165) is 23.7 Å². The molecular weight excluding hydrogens is 328 g/mol. The van der Waals surface area contributed by atoms with Crippen LogP contribution in [0.1, 0.15) is 41.8 Å². The molecule has 0 bridgehead atoms. The molecular formula is C17H20N2O4S. The van der Waals surface area contributed by atoms with Gasteiger partial charge in [0.15, 0.2) is 5.03 Å². The maximum absolute atomic E-state index is 12.5. The van der Waals surface area contributed by atoms with Crippen molar-refractivity contribution in [1.82, 2.24) is 10.2 Å². The summed E-state index contributed by atoms with van der Waals surface area (Å²) >= 11 is 0. The van der Waals surface area contributed by atoms with E-state index in [9.17, 15) is 13.2 Å². The number of nitrogens with zero attached hydrogens (tertiary/aromatic N) is 1. The molecule has 0 aliphatic carbocycles. The molecule has 0 aliphatic heterocycles. The van der Waals surface area contributed by atoms with Crippen molar-refractivity contribution in [2.75, 3.05) is 5.75 Å². The minimum absolute atomic E-state index is 0.257. The molecule has 1 aromatic heterocycles. The van der Waals surface area contributed by atoms with E-state index in [1.807, 2.05) is 44.2 Å². The average molecular weight is 348 g/mol. The third-order valence-electron chi connectivity index (χ3n) is 3.76. The van der Waals surface area contributed by atoms with Crippen molar-refractivity contribution in [2.24, 2.45) is 0 Å². The van der Waals surface area contributed by atoms with Crippen LogP contribution in [0.15, 0.2) is 41.1 Å². The molecule has 0 radical (unpaired) electrons. The Kier molecular flexibility index (Phi) is 5.56. The summed E-state index contributed by atoms with van der Waals surface area (Å²) in [6, 6.07) is 7.80. The number of sulfone groups is 1.